The molecule has 2 atom stereocenters. The molecule has 0 unspecified atom stereocenters. The highest BCUT2D eigenvalue weighted by molar-refractivity contribution is 5.73. The number of rotatable bonds is 7. The summed E-state index contributed by atoms with van der Waals surface area (Å²) in [5, 5.41) is 15.5. The Labute approximate surface area is 126 Å². The number of benzene rings is 1. The van der Waals surface area contributed by atoms with Crippen LogP contribution in [0.1, 0.15) is 29.7 Å². The molecule has 0 heterocycles. The number of aliphatic hydroxyl groups excluding tert-OH is 1. The number of urea groups is 1. The van der Waals surface area contributed by atoms with Crippen LogP contribution in [0.4, 0.5) is 4.79 Å². The third-order valence-corrected chi connectivity index (χ3v) is 3.15. The fraction of sp³-hybridized carbons (Fsp3) is 0.562. The summed E-state index contributed by atoms with van der Waals surface area (Å²) in [4.78, 5) is 11.6. The van der Waals surface area contributed by atoms with E-state index in [1.165, 1.54) is 0 Å². The number of methoxy groups -OCH3 is 1. The SMILES string of the molecule is COC[C@H](C)CNC(=O)NC[C@H](O)c1cc(C)cc(C)c1. The van der Waals surface area contributed by atoms with Crippen molar-refractivity contribution in [3.8, 4) is 0 Å². The Kier molecular flexibility index (Phi) is 7.19. The van der Waals surface area contributed by atoms with Gasteiger partial charge in [-0.15, -0.1) is 0 Å². The third kappa shape index (κ3) is 6.60. The summed E-state index contributed by atoms with van der Waals surface area (Å²) in [5.74, 6) is 0.255. The molecule has 5 nitrogen and oxygen atoms in total. The van der Waals surface area contributed by atoms with Crippen molar-refractivity contribution < 1.29 is 14.6 Å². The zero-order chi connectivity index (χ0) is 15.8. The standard InChI is InChI=1S/C16H26N2O3/c1-11-5-12(2)7-14(6-11)15(19)9-18-16(20)17-8-13(3)10-21-4/h5-7,13,15,19H,8-10H2,1-4H3,(H2,17,18,20)/t13-,15+/m1/s1. The molecule has 0 aliphatic rings. The second-order valence-electron chi connectivity index (χ2n) is 5.59. The number of carbonyl (C=O) groups is 1. The summed E-state index contributed by atoms with van der Waals surface area (Å²) in [5.41, 5.74) is 3.02. The molecule has 118 valence electrons. The van der Waals surface area contributed by atoms with Crippen LogP contribution in [-0.4, -0.2) is 37.9 Å². The van der Waals surface area contributed by atoms with Gasteiger partial charge in [0.15, 0.2) is 0 Å². The highest BCUT2D eigenvalue weighted by Crippen LogP contribution is 2.16. The van der Waals surface area contributed by atoms with E-state index in [0.717, 1.165) is 16.7 Å². The Balaban J connectivity index is 2.38. The Morgan fingerprint density at radius 3 is 2.33 bits per heavy atom. The predicted molar refractivity (Wildman–Crippen MR) is 83.3 cm³/mol. The van der Waals surface area contributed by atoms with Gasteiger partial charge in [-0.3, -0.25) is 0 Å². The summed E-state index contributed by atoms with van der Waals surface area (Å²) in [6.07, 6.45) is -0.703. The van der Waals surface area contributed by atoms with E-state index in [4.69, 9.17) is 4.74 Å². The zero-order valence-corrected chi connectivity index (χ0v) is 13.3. The lowest BCUT2D eigenvalue weighted by atomic mass is 10.0. The first kappa shape index (κ1) is 17.5. The number of hydrogen-bond donors (Lipinski definition) is 3. The van der Waals surface area contributed by atoms with Gasteiger partial charge in [0.05, 0.1) is 12.7 Å². The Hall–Kier alpha value is -1.59. The first-order valence-electron chi connectivity index (χ1n) is 7.19. The summed E-state index contributed by atoms with van der Waals surface area (Å²) in [7, 11) is 1.64. The minimum Gasteiger partial charge on any atom is -0.387 e. The number of carbonyl (C=O) groups excluding carboxylic acids is 1. The lowest BCUT2D eigenvalue weighted by Gasteiger charge is -2.15. The monoisotopic (exact) mass is 294 g/mol. The van der Waals surface area contributed by atoms with E-state index in [9.17, 15) is 9.90 Å². The molecule has 21 heavy (non-hydrogen) atoms. The van der Waals surface area contributed by atoms with E-state index in [0.29, 0.717) is 13.2 Å². The van der Waals surface area contributed by atoms with Crippen molar-refractivity contribution in [2.45, 2.75) is 26.9 Å². The Morgan fingerprint density at radius 2 is 1.76 bits per heavy atom. The third-order valence-electron chi connectivity index (χ3n) is 3.15. The molecular formula is C16H26N2O3. The minimum absolute atomic E-state index is 0.188. The van der Waals surface area contributed by atoms with E-state index < -0.39 is 6.10 Å². The maximum atomic E-state index is 11.6. The molecule has 3 N–H and O–H groups in total. The number of hydrogen-bond acceptors (Lipinski definition) is 3. The molecule has 1 aromatic rings. The maximum absolute atomic E-state index is 11.6. The van der Waals surface area contributed by atoms with E-state index in [1.54, 1.807) is 7.11 Å². The Morgan fingerprint density at radius 1 is 1.19 bits per heavy atom. The zero-order valence-electron chi connectivity index (χ0n) is 13.3. The molecule has 0 bridgehead atoms. The average molecular weight is 294 g/mol. The van der Waals surface area contributed by atoms with E-state index in [1.807, 2.05) is 39.0 Å². The molecule has 1 rings (SSSR count). The van der Waals surface area contributed by atoms with Crippen LogP contribution in [0.15, 0.2) is 18.2 Å². The fourth-order valence-electron chi connectivity index (χ4n) is 2.18. The van der Waals surface area contributed by atoms with Crippen molar-refractivity contribution in [2.24, 2.45) is 5.92 Å². The van der Waals surface area contributed by atoms with Crippen LogP contribution < -0.4 is 10.6 Å². The fourth-order valence-corrected chi connectivity index (χ4v) is 2.18. The van der Waals surface area contributed by atoms with Crippen LogP contribution in [0.25, 0.3) is 0 Å². The van der Waals surface area contributed by atoms with Crippen molar-refractivity contribution >= 4 is 6.03 Å². The number of aliphatic hydroxyl groups is 1. The number of nitrogens with one attached hydrogen (secondary N) is 2. The lowest BCUT2D eigenvalue weighted by molar-refractivity contribution is 0.156. The molecule has 0 saturated heterocycles. The number of aryl methyl sites for hydroxylation is 2. The van der Waals surface area contributed by atoms with Crippen molar-refractivity contribution in [1.29, 1.82) is 0 Å². The topological polar surface area (TPSA) is 70.6 Å². The van der Waals surface area contributed by atoms with Crippen LogP contribution in [-0.2, 0) is 4.74 Å². The molecule has 1 aromatic carbocycles. The normalized spacial score (nSPS) is 13.6. The smallest absolute Gasteiger partial charge is 0.314 e. The van der Waals surface area contributed by atoms with Gasteiger partial charge in [-0.1, -0.05) is 36.2 Å². The molecular weight excluding hydrogens is 268 g/mol. The van der Waals surface area contributed by atoms with Gasteiger partial charge < -0.3 is 20.5 Å². The van der Waals surface area contributed by atoms with Crippen LogP contribution in [0.5, 0.6) is 0 Å². The van der Waals surface area contributed by atoms with Gasteiger partial charge in [0.25, 0.3) is 0 Å². The molecule has 2 amide bonds. The molecule has 0 aliphatic heterocycles. The molecule has 0 saturated carbocycles. The lowest BCUT2D eigenvalue weighted by Crippen LogP contribution is -2.40. The highest BCUT2D eigenvalue weighted by atomic mass is 16.5. The number of ether oxygens (including phenoxy) is 1. The van der Waals surface area contributed by atoms with Gasteiger partial charge in [0, 0.05) is 20.2 Å². The second-order valence-corrected chi connectivity index (χ2v) is 5.59. The van der Waals surface area contributed by atoms with Crippen molar-refractivity contribution in [2.75, 3.05) is 26.8 Å². The van der Waals surface area contributed by atoms with Crippen LogP contribution in [0.2, 0.25) is 0 Å². The molecule has 0 fully saturated rings. The van der Waals surface area contributed by atoms with E-state index >= 15 is 0 Å². The van der Waals surface area contributed by atoms with Gasteiger partial charge in [-0.25, -0.2) is 4.79 Å². The summed E-state index contributed by atoms with van der Waals surface area (Å²) in [6, 6.07) is 5.63. The average Bonchev–Trinajstić information content (AvgIpc) is 2.41. The van der Waals surface area contributed by atoms with E-state index in [2.05, 4.69) is 10.6 Å². The van der Waals surface area contributed by atoms with Gasteiger partial charge in [0.2, 0.25) is 0 Å². The van der Waals surface area contributed by atoms with Crippen LogP contribution in [0, 0.1) is 19.8 Å². The quantitative estimate of drug-likeness (QED) is 0.719. The summed E-state index contributed by atoms with van der Waals surface area (Å²) < 4.78 is 5.00. The largest absolute Gasteiger partial charge is 0.387 e. The van der Waals surface area contributed by atoms with Gasteiger partial charge >= 0.3 is 6.03 Å². The first-order chi connectivity index (χ1) is 9.92. The molecule has 0 aromatic heterocycles. The molecule has 5 heteroatoms. The van der Waals surface area contributed by atoms with Crippen LogP contribution >= 0.6 is 0 Å². The van der Waals surface area contributed by atoms with Crippen LogP contribution in [0.3, 0.4) is 0 Å². The minimum atomic E-state index is -0.703. The predicted octanol–water partition coefficient (Wildman–Crippen LogP) is 1.92. The van der Waals surface area contributed by atoms with Crippen molar-refractivity contribution in [1.82, 2.24) is 10.6 Å². The maximum Gasteiger partial charge on any atom is 0.314 e. The number of amides is 2. The molecule has 0 aliphatic carbocycles. The van der Waals surface area contributed by atoms with Crippen molar-refractivity contribution in [3.05, 3.63) is 34.9 Å². The molecule has 0 radical (unpaired) electrons. The van der Waals surface area contributed by atoms with Crippen molar-refractivity contribution in [3.63, 3.8) is 0 Å². The second kappa shape index (κ2) is 8.64. The highest BCUT2D eigenvalue weighted by Gasteiger charge is 2.11. The van der Waals surface area contributed by atoms with Gasteiger partial charge in [0.1, 0.15) is 0 Å². The van der Waals surface area contributed by atoms with E-state index in [-0.39, 0.29) is 18.5 Å². The van der Waals surface area contributed by atoms with Gasteiger partial charge in [-0.05, 0) is 25.3 Å². The molecule has 0 spiro atoms. The van der Waals surface area contributed by atoms with Gasteiger partial charge in [-0.2, -0.15) is 0 Å². The summed E-state index contributed by atoms with van der Waals surface area (Å²) in [6.45, 7) is 7.30. The first-order valence-corrected chi connectivity index (χ1v) is 7.19. The summed E-state index contributed by atoms with van der Waals surface area (Å²) >= 11 is 0. The Bertz CT molecular complexity index is 443.